The summed E-state index contributed by atoms with van der Waals surface area (Å²) in [5, 5.41) is 15.0. The Labute approximate surface area is 139 Å². The van der Waals surface area contributed by atoms with Gasteiger partial charge in [0.05, 0.1) is 19.6 Å². The van der Waals surface area contributed by atoms with E-state index in [9.17, 15) is 14.7 Å². The van der Waals surface area contributed by atoms with E-state index in [1.807, 2.05) is 0 Å². The van der Waals surface area contributed by atoms with Gasteiger partial charge >= 0.3 is 0 Å². The van der Waals surface area contributed by atoms with Gasteiger partial charge in [0.2, 0.25) is 11.8 Å². The van der Waals surface area contributed by atoms with Gasteiger partial charge in [-0.25, -0.2) is 0 Å². The maximum atomic E-state index is 11.7. The molecule has 1 fully saturated rings. The van der Waals surface area contributed by atoms with E-state index in [0.29, 0.717) is 19.4 Å². The highest BCUT2D eigenvalue weighted by atomic mass is 35.5. The molecule has 130 valence electrons. The van der Waals surface area contributed by atoms with Gasteiger partial charge in [0, 0.05) is 19.9 Å². The molecule has 1 rings (SSSR count). The number of halogens is 1. The van der Waals surface area contributed by atoms with Gasteiger partial charge in [-0.1, -0.05) is 6.92 Å². The van der Waals surface area contributed by atoms with Crippen molar-refractivity contribution < 1.29 is 31.6 Å². The molecular formula is C15H30ClN3O3. The molecule has 0 aliphatic carbocycles. The van der Waals surface area contributed by atoms with Crippen LogP contribution in [0.3, 0.4) is 0 Å². The van der Waals surface area contributed by atoms with Gasteiger partial charge < -0.3 is 32.6 Å². The first-order valence-electron chi connectivity index (χ1n) is 8.02. The highest BCUT2D eigenvalue weighted by molar-refractivity contribution is 5.76. The number of carbonyl (C=O) groups is 2. The fourth-order valence-corrected chi connectivity index (χ4v) is 3.01. The number of hydrogen-bond donors (Lipinski definition) is 3. The molecule has 7 heteroatoms. The zero-order valence-corrected chi connectivity index (χ0v) is 14.5. The molecule has 0 aromatic heterocycles. The number of aliphatic hydroxyl groups excluding tert-OH is 1. The summed E-state index contributed by atoms with van der Waals surface area (Å²) in [6.45, 7) is 6.41. The van der Waals surface area contributed by atoms with Crippen molar-refractivity contribution in [3.63, 3.8) is 0 Å². The topological polar surface area (TPSA) is 78.4 Å². The number of hydrogen-bond acceptors (Lipinski definition) is 3. The molecule has 1 aliphatic heterocycles. The highest BCUT2D eigenvalue weighted by Crippen LogP contribution is 2.20. The van der Waals surface area contributed by atoms with E-state index in [1.165, 1.54) is 0 Å². The maximum Gasteiger partial charge on any atom is 0.220 e. The van der Waals surface area contributed by atoms with Crippen molar-refractivity contribution in [2.75, 3.05) is 39.8 Å². The molecule has 0 spiro atoms. The number of quaternary nitrogens is 1. The molecule has 6 nitrogen and oxygen atoms in total. The molecule has 0 unspecified atom stereocenters. The van der Waals surface area contributed by atoms with Gasteiger partial charge in [-0.3, -0.25) is 9.59 Å². The van der Waals surface area contributed by atoms with Crippen molar-refractivity contribution in [3.05, 3.63) is 0 Å². The standard InChI is InChI=1S/C15H29N3O3.ClH/c1-3-9-18(11-13(19)12-18)10-8-17-15(21)7-5-4-6-14(20)16-2;/h13,19H,3-12H2,1-2H3,(H-,16,17,20,21);1H. The van der Waals surface area contributed by atoms with E-state index >= 15 is 0 Å². The Hall–Kier alpha value is -0.850. The summed E-state index contributed by atoms with van der Waals surface area (Å²) in [4.78, 5) is 22.7. The van der Waals surface area contributed by atoms with Crippen LogP contribution in [0.25, 0.3) is 0 Å². The first kappa shape index (κ1) is 21.1. The predicted octanol–water partition coefficient (Wildman–Crippen LogP) is -2.99. The van der Waals surface area contributed by atoms with E-state index in [4.69, 9.17) is 0 Å². The van der Waals surface area contributed by atoms with Crippen molar-refractivity contribution >= 4 is 11.8 Å². The summed E-state index contributed by atoms with van der Waals surface area (Å²) < 4.78 is 0.925. The third kappa shape index (κ3) is 7.42. The Bertz CT molecular complexity index is 341. The summed E-state index contributed by atoms with van der Waals surface area (Å²) in [6.07, 6.45) is 3.38. The van der Waals surface area contributed by atoms with E-state index in [0.717, 1.165) is 49.9 Å². The quantitative estimate of drug-likeness (QED) is 0.294. The van der Waals surface area contributed by atoms with Crippen molar-refractivity contribution in [1.82, 2.24) is 10.6 Å². The van der Waals surface area contributed by atoms with E-state index in [1.54, 1.807) is 7.05 Å². The maximum absolute atomic E-state index is 11.7. The fraction of sp³-hybridized carbons (Fsp3) is 0.867. The number of likely N-dealkylation sites (tertiary alicyclic amines) is 1. The molecule has 2 amide bonds. The zero-order chi connectivity index (χ0) is 15.7. The van der Waals surface area contributed by atoms with Crippen LogP contribution in [-0.2, 0) is 9.59 Å². The molecule has 0 bridgehead atoms. The Morgan fingerprint density at radius 1 is 1.14 bits per heavy atom. The van der Waals surface area contributed by atoms with Crippen LogP contribution in [0, 0.1) is 0 Å². The van der Waals surface area contributed by atoms with Gasteiger partial charge in [-0.2, -0.15) is 0 Å². The summed E-state index contributed by atoms with van der Waals surface area (Å²) in [7, 11) is 1.62. The van der Waals surface area contributed by atoms with Crippen molar-refractivity contribution in [2.24, 2.45) is 0 Å². The summed E-state index contributed by atoms with van der Waals surface area (Å²) in [6, 6.07) is 0. The lowest BCUT2D eigenvalue weighted by atomic mass is 10.1. The Morgan fingerprint density at radius 3 is 2.23 bits per heavy atom. The molecule has 1 heterocycles. The van der Waals surface area contributed by atoms with Gasteiger partial charge in [-0.15, -0.1) is 0 Å². The van der Waals surface area contributed by atoms with Crippen LogP contribution in [0.2, 0.25) is 0 Å². The van der Waals surface area contributed by atoms with Crippen molar-refractivity contribution in [1.29, 1.82) is 0 Å². The highest BCUT2D eigenvalue weighted by Gasteiger charge is 2.41. The van der Waals surface area contributed by atoms with E-state index < -0.39 is 0 Å². The molecule has 0 saturated carbocycles. The normalized spacial score (nSPS) is 23.1. The lowest BCUT2D eigenvalue weighted by molar-refractivity contribution is -0.971. The number of rotatable bonds is 10. The molecule has 1 aliphatic rings. The van der Waals surface area contributed by atoms with Crippen LogP contribution < -0.4 is 23.0 Å². The van der Waals surface area contributed by atoms with Crippen LogP contribution in [0.15, 0.2) is 0 Å². The number of carbonyl (C=O) groups excluding carboxylic acids is 2. The summed E-state index contributed by atoms with van der Waals surface area (Å²) in [5.41, 5.74) is 0. The van der Waals surface area contributed by atoms with Gasteiger partial charge in [0.25, 0.3) is 0 Å². The van der Waals surface area contributed by atoms with Crippen LogP contribution in [0.4, 0.5) is 0 Å². The van der Waals surface area contributed by atoms with Crippen LogP contribution in [0.5, 0.6) is 0 Å². The first-order chi connectivity index (χ1) is 10.0. The molecule has 0 aromatic rings. The number of aliphatic hydroxyl groups is 1. The Balaban J connectivity index is 0.00000441. The van der Waals surface area contributed by atoms with Crippen LogP contribution >= 0.6 is 0 Å². The average molecular weight is 336 g/mol. The average Bonchev–Trinajstić information content (AvgIpc) is 2.42. The minimum atomic E-state index is -0.169. The second-order valence-corrected chi connectivity index (χ2v) is 6.04. The predicted molar refractivity (Wildman–Crippen MR) is 81.6 cm³/mol. The van der Waals surface area contributed by atoms with Crippen LogP contribution in [0.1, 0.15) is 39.0 Å². The Kier molecular flexibility index (Phi) is 10.4. The Morgan fingerprint density at radius 2 is 1.73 bits per heavy atom. The molecule has 0 atom stereocenters. The third-order valence-electron chi connectivity index (χ3n) is 4.14. The van der Waals surface area contributed by atoms with Crippen molar-refractivity contribution in [3.8, 4) is 0 Å². The second-order valence-electron chi connectivity index (χ2n) is 6.04. The number of unbranched alkanes of at least 4 members (excludes halogenated alkanes) is 1. The minimum Gasteiger partial charge on any atom is -1.00 e. The zero-order valence-electron chi connectivity index (χ0n) is 13.7. The number of amides is 2. The lowest BCUT2D eigenvalue weighted by Gasteiger charge is -2.48. The lowest BCUT2D eigenvalue weighted by Crippen LogP contribution is -3.00. The largest absolute Gasteiger partial charge is 1.00 e. The summed E-state index contributed by atoms with van der Waals surface area (Å²) in [5.74, 6) is 0.0837. The van der Waals surface area contributed by atoms with Gasteiger partial charge in [0.15, 0.2) is 6.10 Å². The smallest absolute Gasteiger partial charge is 0.220 e. The third-order valence-corrected chi connectivity index (χ3v) is 4.14. The van der Waals surface area contributed by atoms with E-state index in [2.05, 4.69) is 17.6 Å². The molecule has 22 heavy (non-hydrogen) atoms. The van der Waals surface area contributed by atoms with E-state index in [-0.39, 0.29) is 30.3 Å². The molecule has 3 N–H and O–H groups in total. The monoisotopic (exact) mass is 335 g/mol. The molecule has 0 radical (unpaired) electrons. The van der Waals surface area contributed by atoms with Gasteiger partial charge in [-0.05, 0) is 19.3 Å². The fourth-order valence-electron chi connectivity index (χ4n) is 3.01. The number of nitrogens with one attached hydrogen (secondary N) is 2. The van der Waals surface area contributed by atoms with Gasteiger partial charge in [0.1, 0.15) is 13.1 Å². The van der Waals surface area contributed by atoms with Crippen LogP contribution in [-0.4, -0.2) is 67.3 Å². The SMILES string of the molecule is CCC[N+]1(CCNC(=O)CCCCC(=O)NC)CC(O)C1.[Cl-]. The molecule has 0 aromatic carbocycles. The second kappa shape index (κ2) is 10.8. The number of nitrogens with zero attached hydrogens (tertiary/aromatic N) is 1. The minimum absolute atomic E-state index is 0. The summed E-state index contributed by atoms with van der Waals surface area (Å²) >= 11 is 0. The van der Waals surface area contributed by atoms with Crippen molar-refractivity contribution in [2.45, 2.75) is 45.1 Å². The molecule has 1 saturated heterocycles. The first-order valence-corrected chi connectivity index (χ1v) is 8.02. The molecular weight excluding hydrogens is 306 g/mol.